The number of nitrogen functional groups attached to an aromatic ring is 1. The Bertz CT molecular complexity index is 585. The van der Waals surface area contributed by atoms with Crippen LogP contribution in [0.4, 0.5) is 5.69 Å². The van der Waals surface area contributed by atoms with E-state index in [4.69, 9.17) is 14.9 Å². The van der Waals surface area contributed by atoms with Crippen LogP contribution in [0, 0.1) is 0 Å². The minimum absolute atomic E-state index is 0.153. The second-order valence-corrected chi connectivity index (χ2v) is 5.34. The van der Waals surface area contributed by atoms with E-state index in [1.807, 2.05) is 12.1 Å². The Hall–Kier alpha value is -1.79. The highest BCUT2D eigenvalue weighted by Crippen LogP contribution is 2.19. The molecule has 6 heteroatoms. The van der Waals surface area contributed by atoms with Crippen LogP contribution in [0.15, 0.2) is 45.5 Å². The van der Waals surface area contributed by atoms with Crippen molar-refractivity contribution in [3.63, 3.8) is 0 Å². The van der Waals surface area contributed by atoms with Crippen LogP contribution in [-0.4, -0.2) is 19.1 Å². The number of halogens is 1. The summed E-state index contributed by atoms with van der Waals surface area (Å²) in [7, 11) is 0. The normalized spacial score (nSPS) is 10.5. The Morgan fingerprint density at radius 2 is 2.24 bits per heavy atom. The molecule has 5 nitrogen and oxygen atoms in total. The van der Waals surface area contributed by atoms with Crippen molar-refractivity contribution in [2.45, 2.75) is 13.0 Å². The van der Waals surface area contributed by atoms with Gasteiger partial charge in [0.05, 0.1) is 11.8 Å². The predicted octanol–water partition coefficient (Wildman–Crippen LogP) is 2.96. The molecule has 112 valence electrons. The quantitative estimate of drug-likeness (QED) is 0.593. The third-order valence-corrected chi connectivity index (χ3v) is 3.50. The van der Waals surface area contributed by atoms with Crippen LogP contribution in [0.25, 0.3) is 0 Å². The van der Waals surface area contributed by atoms with Crippen molar-refractivity contribution >= 4 is 27.5 Å². The van der Waals surface area contributed by atoms with Gasteiger partial charge in [0.15, 0.2) is 0 Å². The van der Waals surface area contributed by atoms with E-state index in [2.05, 4.69) is 21.2 Å². The fourth-order valence-corrected chi connectivity index (χ4v) is 2.18. The van der Waals surface area contributed by atoms with Gasteiger partial charge < -0.3 is 20.2 Å². The SMILES string of the molecule is Nc1ccc(Br)c(C(=O)NCCCOCc2ccco2)c1. The topological polar surface area (TPSA) is 77.5 Å². The molecule has 2 rings (SSSR count). The summed E-state index contributed by atoms with van der Waals surface area (Å²) in [5.74, 6) is 0.642. The number of nitrogens with one attached hydrogen (secondary N) is 1. The monoisotopic (exact) mass is 352 g/mol. The first-order valence-electron chi connectivity index (χ1n) is 6.60. The van der Waals surface area contributed by atoms with E-state index < -0.39 is 0 Å². The third-order valence-electron chi connectivity index (χ3n) is 2.81. The van der Waals surface area contributed by atoms with Crippen LogP contribution in [0.5, 0.6) is 0 Å². The Balaban J connectivity index is 1.66. The van der Waals surface area contributed by atoms with Crippen molar-refractivity contribution in [3.05, 3.63) is 52.4 Å². The van der Waals surface area contributed by atoms with Gasteiger partial charge in [-0.1, -0.05) is 0 Å². The number of anilines is 1. The standard InChI is InChI=1S/C15H17BrN2O3/c16-14-5-4-11(17)9-13(14)15(19)18-6-2-7-20-10-12-3-1-8-21-12/h1,3-5,8-9H,2,6-7,10,17H2,(H,18,19). The molecule has 0 fully saturated rings. The Labute approximate surface area is 131 Å². The minimum Gasteiger partial charge on any atom is -0.467 e. The van der Waals surface area contributed by atoms with Crippen LogP contribution in [0.3, 0.4) is 0 Å². The number of furan rings is 1. The predicted molar refractivity (Wildman–Crippen MR) is 83.9 cm³/mol. The molecule has 3 N–H and O–H groups in total. The van der Waals surface area contributed by atoms with E-state index in [9.17, 15) is 4.79 Å². The molecule has 0 spiro atoms. The van der Waals surface area contributed by atoms with E-state index in [0.717, 1.165) is 16.7 Å². The molecular weight excluding hydrogens is 336 g/mol. The summed E-state index contributed by atoms with van der Waals surface area (Å²) in [4.78, 5) is 12.0. The maximum atomic E-state index is 12.0. The molecule has 0 aliphatic carbocycles. The van der Waals surface area contributed by atoms with Gasteiger partial charge in [0, 0.05) is 23.3 Å². The average molecular weight is 353 g/mol. The van der Waals surface area contributed by atoms with E-state index in [1.54, 1.807) is 24.5 Å². The number of carbonyl (C=O) groups excluding carboxylic acids is 1. The molecule has 0 bridgehead atoms. The molecule has 0 saturated heterocycles. The number of hydrogen-bond acceptors (Lipinski definition) is 4. The molecule has 1 aromatic carbocycles. The molecule has 2 aromatic rings. The van der Waals surface area contributed by atoms with Crippen LogP contribution in [0.2, 0.25) is 0 Å². The van der Waals surface area contributed by atoms with Crippen LogP contribution in [0.1, 0.15) is 22.5 Å². The number of hydrogen-bond donors (Lipinski definition) is 2. The second kappa shape index (κ2) is 7.85. The molecule has 0 unspecified atom stereocenters. The number of amides is 1. The number of carbonyl (C=O) groups is 1. The number of benzene rings is 1. The molecule has 0 aliphatic heterocycles. The van der Waals surface area contributed by atoms with Crippen molar-refractivity contribution in [2.24, 2.45) is 0 Å². The minimum atomic E-state index is -0.153. The van der Waals surface area contributed by atoms with Crippen LogP contribution >= 0.6 is 15.9 Å². The zero-order valence-corrected chi connectivity index (χ0v) is 13.1. The van der Waals surface area contributed by atoms with Crippen molar-refractivity contribution in [2.75, 3.05) is 18.9 Å². The lowest BCUT2D eigenvalue weighted by Gasteiger charge is -2.08. The number of ether oxygens (including phenoxy) is 1. The van der Waals surface area contributed by atoms with Crippen molar-refractivity contribution < 1.29 is 13.9 Å². The van der Waals surface area contributed by atoms with E-state index in [0.29, 0.717) is 31.0 Å². The van der Waals surface area contributed by atoms with Crippen molar-refractivity contribution in [1.82, 2.24) is 5.32 Å². The molecule has 0 atom stereocenters. The summed E-state index contributed by atoms with van der Waals surface area (Å²) in [5.41, 5.74) is 6.77. The Morgan fingerprint density at radius 1 is 1.38 bits per heavy atom. The summed E-state index contributed by atoms with van der Waals surface area (Å²) in [6, 6.07) is 8.83. The second-order valence-electron chi connectivity index (χ2n) is 4.48. The first kappa shape index (κ1) is 15.6. The number of rotatable bonds is 7. The maximum absolute atomic E-state index is 12.0. The first-order valence-corrected chi connectivity index (χ1v) is 7.39. The average Bonchev–Trinajstić information content (AvgIpc) is 2.98. The molecular formula is C15H17BrN2O3. The van der Waals surface area contributed by atoms with Gasteiger partial charge in [-0.2, -0.15) is 0 Å². The zero-order chi connectivity index (χ0) is 15.1. The molecule has 1 heterocycles. The van der Waals surface area contributed by atoms with E-state index >= 15 is 0 Å². The van der Waals surface area contributed by atoms with Crippen molar-refractivity contribution in [3.8, 4) is 0 Å². The van der Waals surface area contributed by atoms with Crippen LogP contribution < -0.4 is 11.1 Å². The van der Waals surface area contributed by atoms with Gasteiger partial charge in [-0.25, -0.2) is 0 Å². The van der Waals surface area contributed by atoms with E-state index in [-0.39, 0.29) is 5.91 Å². The largest absolute Gasteiger partial charge is 0.467 e. The molecule has 1 aromatic heterocycles. The highest BCUT2D eigenvalue weighted by Gasteiger charge is 2.09. The smallest absolute Gasteiger partial charge is 0.252 e. The number of nitrogens with two attached hydrogens (primary N) is 1. The summed E-state index contributed by atoms with van der Waals surface area (Å²) in [5, 5.41) is 2.83. The lowest BCUT2D eigenvalue weighted by molar-refractivity contribution is 0.0916. The summed E-state index contributed by atoms with van der Waals surface area (Å²) in [6.45, 7) is 1.54. The van der Waals surface area contributed by atoms with Crippen LogP contribution in [-0.2, 0) is 11.3 Å². The van der Waals surface area contributed by atoms with Gasteiger partial charge >= 0.3 is 0 Å². The fraction of sp³-hybridized carbons (Fsp3) is 0.267. The molecule has 21 heavy (non-hydrogen) atoms. The summed E-state index contributed by atoms with van der Waals surface area (Å²) < 4.78 is 11.3. The van der Waals surface area contributed by atoms with Gasteiger partial charge in [-0.05, 0) is 52.7 Å². The summed E-state index contributed by atoms with van der Waals surface area (Å²) in [6.07, 6.45) is 2.34. The van der Waals surface area contributed by atoms with Crippen molar-refractivity contribution in [1.29, 1.82) is 0 Å². The highest BCUT2D eigenvalue weighted by molar-refractivity contribution is 9.10. The van der Waals surface area contributed by atoms with E-state index in [1.165, 1.54) is 0 Å². The maximum Gasteiger partial charge on any atom is 0.252 e. The molecule has 0 aliphatic rings. The van der Waals surface area contributed by atoms with Gasteiger partial charge in [0.2, 0.25) is 0 Å². The van der Waals surface area contributed by atoms with Gasteiger partial charge in [0.25, 0.3) is 5.91 Å². The van der Waals surface area contributed by atoms with Gasteiger partial charge in [-0.3, -0.25) is 4.79 Å². The summed E-state index contributed by atoms with van der Waals surface area (Å²) >= 11 is 3.34. The zero-order valence-electron chi connectivity index (χ0n) is 11.5. The Kier molecular flexibility index (Phi) is 5.83. The van der Waals surface area contributed by atoms with Gasteiger partial charge in [-0.15, -0.1) is 0 Å². The van der Waals surface area contributed by atoms with Gasteiger partial charge in [0.1, 0.15) is 12.4 Å². The lowest BCUT2D eigenvalue weighted by Crippen LogP contribution is -2.25. The molecule has 0 radical (unpaired) electrons. The fourth-order valence-electron chi connectivity index (χ4n) is 1.76. The first-order chi connectivity index (χ1) is 10.2. The molecule has 0 saturated carbocycles. The molecule has 1 amide bonds. The highest BCUT2D eigenvalue weighted by atomic mass is 79.9. The lowest BCUT2D eigenvalue weighted by atomic mass is 10.2. The third kappa shape index (κ3) is 4.91. The Morgan fingerprint density at radius 3 is 3.00 bits per heavy atom.